The van der Waals surface area contributed by atoms with Crippen LogP contribution in [0.25, 0.3) is 0 Å². The number of nitrogens with one attached hydrogen (secondary N) is 2. The van der Waals surface area contributed by atoms with Gasteiger partial charge in [0.1, 0.15) is 23.8 Å². The number of aromatic nitrogens is 2. The second kappa shape index (κ2) is 4.78. The van der Waals surface area contributed by atoms with Crippen LogP contribution in [-0.4, -0.2) is 17.0 Å². The first-order valence-corrected chi connectivity index (χ1v) is 5.21. The zero-order valence-electron chi connectivity index (χ0n) is 9.66. The Hall–Kier alpha value is -2.17. The third kappa shape index (κ3) is 2.90. The second-order valence-corrected chi connectivity index (χ2v) is 3.68. The van der Waals surface area contributed by atoms with Gasteiger partial charge >= 0.3 is 0 Å². The van der Waals surface area contributed by atoms with E-state index < -0.39 is 0 Å². The quantitative estimate of drug-likeness (QED) is 0.854. The number of rotatable bonds is 3. The van der Waals surface area contributed by atoms with Gasteiger partial charge in [0.05, 0.1) is 0 Å². The molecular formula is C12H13FN4. The third-order valence-electron chi connectivity index (χ3n) is 2.24. The summed E-state index contributed by atoms with van der Waals surface area (Å²) in [6, 6.07) is 6.50. The molecule has 2 N–H and O–H groups in total. The van der Waals surface area contributed by atoms with Crippen molar-refractivity contribution in [3.8, 4) is 0 Å². The van der Waals surface area contributed by atoms with Crippen LogP contribution in [-0.2, 0) is 0 Å². The predicted molar refractivity (Wildman–Crippen MR) is 66.0 cm³/mol. The van der Waals surface area contributed by atoms with Gasteiger partial charge in [-0.05, 0) is 30.7 Å². The van der Waals surface area contributed by atoms with Gasteiger partial charge in [-0.2, -0.15) is 0 Å². The molecule has 0 fully saturated rings. The summed E-state index contributed by atoms with van der Waals surface area (Å²) in [6.07, 6.45) is 1.44. The molecule has 17 heavy (non-hydrogen) atoms. The summed E-state index contributed by atoms with van der Waals surface area (Å²) in [5, 5.41) is 5.94. The van der Waals surface area contributed by atoms with Gasteiger partial charge in [0, 0.05) is 18.8 Å². The smallest absolute Gasteiger partial charge is 0.135 e. The molecule has 1 heterocycles. The topological polar surface area (TPSA) is 49.8 Å². The second-order valence-electron chi connectivity index (χ2n) is 3.68. The van der Waals surface area contributed by atoms with E-state index in [9.17, 15) is 4.39 Å². The molecule has 0 spiro atoms. The van der Waals surface area contributed by atoms with Crippen molar-refractivity contribution < 1.29 is 4.39 Å². The van der Waals surface area contributed by atoms with E-state index in [2.05, 4.69) is 20.6 Å². The van der Waals surface area contributed by atoms with Crippen LogP contribution in [0.3, 0.4) is 0 Å². The first-order chi connectivity index (χ1) is 8.17. The van der Waals surface area contributed by atoms with E-state index in [1.165, 1.54) is 18.5 Å². The van der Waals surface area contributed by atoms with Gasteiger partial charge < -0.3 is 10.6 Å². The van der Waals surface area contributed by atoms with Crippen molar-refractivity contribution in [3.05, 3.63) is 42.0 Å². The number of halogens is 1. The Morgan fingerprint density at radius 3 is 2.53 bits per heavy atom. The molecule has 2 aromatic rings. The maximum Gasteiger partial charge on any atom is 0.135 e. The Bertz CT molecular complexity index is 507. The zero-order valence-corrected chi connectivity index (χ0v) is 9.66. The van der Waals surface area contributed by atoms with E-state index in [1.54, 1.807) is 13.1 Å². The van der Waals surface area contributed by atoms with Crippen LogP contribution in [0.1, 0.15) is 5.56 Å². The first-order valence-electron chi connectivity index (χ1n) is 5.21. The van der Waals surface area contributed by atoms with Crippen LogP contribution in [0.5, 0.6) is 0 Å². The predicted octanol–water partition coefficient (Wildman–Crippen LogP) is 2.71. The standard InChI is InChI=1S/C12H13FN4/c1-8-3-9(13)5-10(4-8)17-12-6-11(14-2)15-7-16-12/h3-7H,1-2H3,(H2,14,15,16,17). The minimum Gasteiger partial charge on any atom is -0.373 e. The fourth-order valence-electron chi connectivity index (χ4n) is 1.52. The van der Waals surface area contributed by atoms with E-state index in [-0.39, 0.29) is 5.82 Å². The van der Waals surface area contributed by atoms with Gasteiger partial charge in [0.2, 0.25) is 0 Å². The normalized spacial score (nSPS) is 10.1. The van der Waals surface area contributed by atoms with Crippen molar-refractivity contribution in [2.24, 2.45) is 0 Å². The SMILES string of the molecule is CNc1cc(Nc2cc(C)cc(F)c2)ncn1. The highest BCUT2D eigenvalue weighted by molar-refractivity contribution is 5.59. The van der Waals surface area contributed by atoms with Gasteiger partial charge in [-0.25, -0.2) is 14.4 Å². The summed E-state index contributed by atoms with van der Waals surface area (Å²) in [6.45, 7) is 1.84. The summed E-state index contributed by atoms with van der Waals surface area (Å²) in [5.41, 5.74) is 1.53. The maximum atomic E-state index is 13.2. The van der Waals surface area contributed by atoms with E-state index in [0.717, 1.165) is 5.56 Å². The molecular weight excluding hydrogens is 219 g/mol. The molecule has 4 nitrogen and oxygen atoms in total. The number of hydrogen-bond donors (Lipinski definition) is 2. The summed E-state index contributed by atoms with van der Waals surface area (Å²) in [4.78, 5) is 8.06. The molecule has 0 aliphatic rings. The molecule has 0 saturated heterocycles. The molecule has 5 heteroatoms. The van der Waals surface area contributed by atoms with E-state index in [1.807, 2.05) is 13.0 Å². The number of nitrogens with zero attached hydrogens (tertiary/aromatic N) is 2. The Kier molecular flexibility index (Phi) is 3.18. The molecule has 0 bridgehead atoms. The molecule has 0 unspecified atom stereocenters. The maximum absolute atomic E-state index is 13.2. The van der Waals surface area contributed by atoms with Crippen LogP contribution < -0.4 is 10.6 Å². The van der Waals surface area contributed by atoms with Crippen molar-refractivity contribution in [1.82, 2.24) is 9.97 Å². The molecule has 0 aliphatic carbocycles. The van der Waals surface area contributed by atoms with Crippen molar-refractivity contribution in [3.63, 3.8) is 0 Å². The van der Waals surface area contributed by atoms with Crippen LogP contribution >= 0.6 is 0 Å². The number of aryl methyl sites for hydroxylation is 1. The summed E-state index contributed by atoms with van der Waals surface area (Å²) in [7, 11) is 1.78. The fourth-order valence-corrected chi connectivity index (χ4v) is 1.52. The Balaban J connectivity index is 2.24. The number of hydrogen-bond acceptors (Lipinski definition) is 4. The molecule has 0 atom stereocenters. The van der Waals surface area contributed by atoms with E-state index in [0.29, 0.717) is 17.3 Å². The fraction of sp³-hybridized carbons (Fsp3) is 0.167. The Labute approximate surface area is 98.9 Å². The molecule has 1 aromatic heterocycles. The lowest BCUT2D eigenvalue weighted by molar-refractivity contribution is 0.627. The molecule has 2 rings (SSSR count). The van der Waals surface area contributed by atoms with E-state index in [4.69, 9.17) is 0 Å². The summed E-state index contributed by atoms with van der Waals surface area (Å²) >= 11 is 0. The van der Waals surface area contributed by atoms with Crippen LogP contribution in [0.15, 0.2) is 30.6 Å². The Morgan fingerprint density at radius 1 is 1.06 bits per heavy atom. The molecule has 0 radical (unpaired) electrons. The van der Waals surface area contributed by atoms with Gasteiger partial charge in [0.25, 0.3) is 0 Å². The lowest BCUT2D eigenvalue weighted by Gasteiger charge is -2.07. The van der Waals surface area contributed by atoms with Crippen molar-refractivity contribution >= 4 is 17.3 Å². The lowest BCUT2D eigenvalue weighted by atomic mass is 10.2. The number of anilines is 3. The monoisotopic (exact) mass is 232 g/mol. The van der Waals surface area contributed by atoms with Gasteiger partial charge in [-0.1, -0.05) is 0 Å². The van der Waals surface area contributed by atoms with Crippen LogP contribution in [0.4, 0.5) is 21.7 Å². The molecule has 0 aliphatic heterocycles. The first kappa shape index (κ1) is 11.3. The minimum atomic E-state index is -0.268. The van der Waals surface area contributed by atoms with Gasteiger partial charge in [-0.3, -0.25) is 0 Å². The van der Waals surface area contributed by atoms with Gasteiger partial charge in [-0.15, -0.1) is 0 Å². The largest absolute Gasteiger partial charge is 0.373 e. The third-order valence-corrected chi connectivity index (χ3v) is 2.24. The molecule has 0 saturated carbocycles. The summed E-state index contributed by atoms with van der Waals surface area (Å²) < 4.78 is 13.2. The van der Waals surface area contributed by atoms with Crippen LogP contribution in [0, 0.1) is 12.7 Å². The Morgan fingerprint density at radius 2 is 1.82 bits per heavy atom. The molecule has 0 amide bonds. The highest BCUT2D eigenvalue weighted by Gasteiger charge is 2.01. The van der Waals surface area contributed by atoms with Gasteiger partial charge in [0.15, 0.2) is 0 Å². The highest BCUT2D eigenvalue weighted by Crippen LogP contribution is 2.18. The van der Waals surface area contributed by atoms with Crippen molar-refractivity contribution in [2.75, 3.05) is 17.7 Å². The molecule has 88 valence electrons. The van der Waals surface area contributed by atoms with Crippen LogP contribution in [0.2, 0.25) is 0 Å². The minimum absolute atomic E-state index is 0.268. The number of benzene rings is 1. The zero-order chi connectivity index (χ0) is 12.3. The average Bonchev–Trinajstić information content (AvgIpc) is 2.28. The molecule has 1 aromatic carbocycles. The van der Waals surface area contributed by atoms with Crippen molar-refractivity contribution in [1.29, 1.82) is 0 Å². The summed E-state index contributed by atoms with van der Waals surface area (Å²) in [5.74, 6) is 1.06. The lowest BCUT2D eigenvalue weighted by Crippen LogP contribution is -1.98. The highest BCUT2D eigenvalue weighted by atomic mass is 19.1. The van der Waals surface area contributed by atoms with E-state index >= 15 is 0 Å². The average molecular weight is 232 g/mol. The van der Waals surface area contributed by atoms with Crippen molar-refractivity contribution in [2.45, 2.75) is 6.92 Å².